The first-order chi connectivity index (χ1) is 8.59. The van der Waals surface area contributed by atoms with Gasteiger partial charge in [-0.1, -0.05) is 31.0 Å². The van der Waals surface area contributed by atoms with Gasteiger partial charge in [0.25, 0.3) is 0 Å². The maximum absolute atomic E-state index is 6.48. The zero-order valence-electron chi connectivity index (χ0n) is 11.7. The molecule has 0 aromatic heterocycles. The topological polar surface area (TPSA) is 3.24 Å². The molecule has 2 unspecified atom stereocenters. The van der Waals surface area contributed by atoms with E-state index in [0.29, 0.717) is 11.4 Å². The fourth-order valence-electron chi connectivity index (χ4n) is 3.03. The number of benzene rings is 1. The Morgan fingerprint density at radius 2 is 1.78 bits per heavy atom. The Morgan fingerprint density at radius 1 is 1.17 bits per heavy atom. The van der Waals surface area contributed by atoms with Crippen molar-refractivity contribution in [2.45, 2.75) is 57.5 Å². The molecule has 2 heteroatoms. The Balaban J connectivity index is 2.08. The molecule has 0 N–H and O–H groups in total. The van der Waals surface area contributed by atoms with Crippen molar-refractivity contribution in [1.29, 1.82) is 0 Å². The van der Waals surface area contributed by atoms with Crippen molar-refractivity contribution >= 4 is 11.6 Å². The molecule has 0 aliphatic heterocycles. The lowest BCUT2D eigenvalue weighted by molar-refractivity contribution is 0.188. The molecular formula is C16H24ClN. The minimum Gasteiger partial charge on any atom is -0.298 e. The number of hydrogen-bond acceptors (Lipinski definition) is 1. The average Bonchev–Trinajstić information content (AvgIpc) is 2.34. The van der Waals surface area contributed by atoms with Crippen molar-refractivity contribution in [2.24, 2.45) is 0 Å². The highest BCUT2D eigenvalue weighted by molar-refractivity contribution is 6.21. The summed E-state index contributed by atoms with van der Waals surface area (Å²) in [7, 11) is 2.22. The van der Waals surface area contributed by atoms with E-state index in [1.165, 1.54) is 42.4 Å². The largest absolute Gasteiger partial charge is 0.298 e. The molecule has 0 radical (unpaired) electrons. The third-order valence-electron chi connectivity index (χ3n) is 4.27. The number of hydrogen-bond donors (Lipinski definition) is 0. The fourth-order valence-corrected chi connectivity index (χ4v) is 3.50. The molecule has 0 bridgehead atoms. The van der Waals surface area contributed by atoms with Gasteiger partial charge in [0.1, 0.15) is 0 Å². The Morgan fingerprint density at radius 3 is 2.39 bits per heavy atom. The quantitative estimate of drug-likeness (QED) is 0.737. The smallest absolute Gasteiger partial charge is 0.0491 e. The Labute approximate surface area is 116 Å². The summed E-state index contributed by atoms with van der Waals surface area (Å²) in [5, 5.41) is 0.327. The van der Waals surface area contributed by atoms with Crippen LogP contribution in [-0.2, 0) is 6.54 Å². The summed E-state index contributed by atoms with van der Waals surface area (Å²) in [4.78, 5) is 2.45. The molecule has 2 atom stereocenters. The molecule has 1 aliphatic carbocycles. The number of halogens is 1. The molecule has 0 spiro atoms. The van der Waals surface area contributed by atoms with Gasteiger partial charge in [0.2, 0.25) is 0 Å². The Kier molecular flexibility index (Phi) is 4.69. The standard InChI is InChI=1S/C16H24ClN/c1-12-7-6-8-13(2)14(12)11-18(3)16-10-5-4-9-15(16)17/h6-8,15-16H,4-5,9-11H2,1-3H3. The molecule has 1 nitrogen and oxygen atoms in total. The van der Waals surface area contributed by atoms with Crippen LogP contribution in [0.5, 0.6) is 0 Å². The van der Waals surface area contributed by atoms with Crippen LogP contribution in [0, 0.1) is 13.8 Å². The van der Waals surface area contributed by atoms with Crippen LogP contribution in [-0.4, -0.2) is 23.4 Å². The van der Waals surface area contributed by atoms with Crippen LogP contribution in [0.4, 0.5) is 0 Å². The normalized spacial score (nSPS) is 24.5. The highest BCUT2D eigenvalue weighted by Crippen LogP contribution is 2.28. The molecule has 18 heavy (non-hydrogen) atoms. The Bertz CT molecular complexity index is 382. The lowest BCUT2D eigenvalue weighted by Crippen LogP contribution is -2.40. The van der Waals surface area contributed by atoms with E-state index in [2.05, 4.69) is 44.0 Å². The molecule has 1 fully saturated rings. The van der Waals surface area contributed by atoms with Gasteiger partial charge in [-0.25, -0.2) is 0 Å². The zero-order chi connectivity index (χ0) is 13.1. The van der Waals surface area contributed by atoms with Gasteiger partial charge < -0.3 is 0 Å². The van der Waals surface area contributed by atoms with Crippen molar-refractivity contribution in [3.8, 4) is 0 Å². The zero-order valence-corrected chi connectivity index (χ0v) is 12.5. The molecule has 1 aromatic rings. The lowest BCUT2D eigenvalue weighted by atomic mass is 9.93. The predicted octanol–water partition coefficient (Wildman–Crippen LogP) is 4.29. The van der Waals surface area contributed by atoms with Crippen LogP contribution in [0.2, 0.25) is 0 Å². The molecular weight excluding hydrogens is 242 g/mol. The SMILES string of the molecule is Cc1cccc(C)c1CN(C)C1CCCCC1Cl. The maximum atomic E-state index is 6.48. The number of alkyl halides is 1. The summed E-state index contributed by atoms with van der Waals surface area (Å²) in [6.07, 6.45) is 5.03. The van der Waals surface area contributed by atoms with E-state index in [1.807, 2.05) is 0 Å². The van der Waals surface area contributed by atoms with E-state index in [9.17, 15) is 0 Å². The van der Waals surface area contributed by atoms with Crippen LogP contribution in [0.1, 0.15) is 42.4 Å². The number of nitrogens with zero attached hydrogens (tertiary/aromatic N) is 1. The van der Waals surface area contributed by atoms with E-state index in [1.54, 1.807) is 0 Å². The predicted molar refractivity (Wildman–Crippen MR) is 79.3 cm³/mol. The lowest BCUT2D eigenvalue weighted by Gasteiger charge is -2.35. The minimum atomic E-state index is 0.327. The molecule has 1 aliphatic rings. The average molecular weight is 266 g/mol. The third-order valence-corrected chi connectivity index (χ3v) is 4.77. The molecule has 0 amide bonds. The van der Waals surface area contributed by atoms with Gasteiger partial charge in [-0.05, 0) is 50.4 Å². The number of aryl methyl sites for hydroxylation is 2. The van der Waals surface area contributed by atoms with Gasteiger partial charge >= 0.3 is 0 Å². The van der Waals surface area contributed by atoms with Crippen LogP contribution in [0.3, 0.4) is 0 Å². The van der Waals surface area contributed by atoms with Crippen molar-refractivity contribution in [2.75, 3.05) is 7.05 Å². The van der Waals surface area contributed by atoms with Crippen molar-refractivity contribution in [1.82, 2.24) is 4.90 Å². The molecule has 100 valence electrons. The highest BCUT2D eigenvalue weighted by Gasteiger charge is 2.26. The van der Waals surface area contributed by atoms with Gasteiger partial charge in [-0.3, -0.25) is 4.90 Å². The summed E-state index contributed by atoms with van der Waals surface area (Å²) in [6, 6.07) is 7.09. The molecule has 1 saturated carbocycles. The number of rotatable bonds is 3. The third kappa shape index (κ3) is 3.07. The second kappa shape index (κ2) is 6.08. The van der Waals surface area contributed by atoms with Crippen molar-refractivity contribution in [3.63, 3.8) is 0 Å². The van der Waals surface area contributed by atoms with E-state index < -0.39 is 0 Å². The van der Waals surface area contributed by atoms with Crippen LogP contribution < -0.4 is 0 Å². The molecule has 2 rings (SSSR count). The summed E-state index contributed by atoms with van der Waals surface area (Å²) in [6.45, 7) is 5.43. The summed E-state index contributed by atoms with van der Waals surface area (Å²) >= 11 is 6.48. The fraction of sp³-hybridized carbons (Fsp3) is 0.625. The van der Waals surface area contributed by atoms with E-state index in [4.69, 9.17) is 11.6 Å². The summed E-state index contributed by atoms with van der Waals surface area (Å²) in [5.41, 5.74) is 4.25. The summed E-state index contributed by atoms with van der Waals surface area (Å²) in [5.74, 6) is 0. The first-order valence-electron chi connectivity index (χ1n) is 6.99. The molecule has 1 aromatic carbocycles. The molecule has 0 heterocycles. The van der Waals surface area contributed by atoms with Crippen molar-refractivity contribution in [3.05, 3.63) is 34.9 Å². The first-order valence-corrected chi connectivity index (χ1v) is 7.42. The van der Waals surface area contributed by atoms with Crippen LogP contribution in [0.25, 0.3) is 0 Å². The Hall–Kier alpha value is -0.530. The van der Waals surface area contributed by atoms with Crippen LogP contribution in [0.15, 0.2) is 18.2 Å². The highest BCUT2D eigenvalue weighted by atomic mass is 35.5. The van der Waals surface area contributed by atoms with E-state index in [0.717, 1.165) is 6.54 Å². The monoisotopic (exact) mass is 265 g/mol. The summed E-state index contributed by atoms with van der Waals surface area (Å²) < 4.78 is 0. The minimum absolute atomic E-state index is 0.327. The second-order valence-corrected chi connectivity index (χ2v) is 6.21. The second-order valence-electron chi connectivity index (χ2n) is 5.65. The van der Waals surface area contributed by atoms with Gasteiger partial charge in [-0.2, -0.15) is 0 Å². The van der Waals surface area contributed by atoms with E-state index >= 15 is 0 Å². The van der Waals surface area contributed by atoms with Gasteiger partial charge in [0.15, 0.2) is 0 Å². The van der Waals surface area contributed by atoms with Crippen molar-refractivity contribution < 1.29 is 0 Å². The van der Waals surface area contributed by atoms with Gasteiger partial charge in [0, 0.05) is 18.0 Å². The van der Waals surface area contributed by atoms with Gasteiger partial charge in [0.05, 0.1) is 0 Å². The first kappa shape index (κ1) is 13.9. The van der Waals surface area contributed by atoms with Crippen LogP contribution >= 0.6 is 11.6 Å². The van der Waals surface area contributed by atoms with Gasteiger partial charge in [-0.15, -0.1) is 11.6 Å². The van der Waals surface area contributed by atoms with E-state index in [-0.39, 0.29) is 0 Å². The molecule has 0 saturated heterocycles. The maximum Gasteiger partial charge on any atom is 0.0491 e.